The van der Waals surface area contributed by atoms with Crippen LogP contribution in [0, 0.1) is 5.82 Å². The molecule has 0 aliphatic carbocycles. The Kier molecular flexibility index (Phi) is 6.92. The molecule has 0 saturated carbocycles. The fourth-order valence-corrected chi connectivity index (χ4v) is 3.31. The summed E-state index contributed by atoms with van der Waals surface area (Å²) in [6.07, 6.45) is 0.845. The third kappa shape index (κ3) is 4.77. The molecule has 1 atom stereocenters. The van der Waals surface area contributed by atoms with E-state index in [0.29, 0.717) is 13.1 Å². The second-order valence-corrected chi connectivity index (χ2v) is 6.00. The number of halogens is 4. The lowest BCUT2D eigenvalue weighted by Crippen LogP contribution is -2.49. The molecule has 1 N–H and O–H groups in total. The molecule has 1 amide bonds. The Morgan fingerprint density at radius 2 is 1.96 bits per heavy atom. The topological polar surface area (TPSA) is 44.8 Å². The summed E-state index contributed by atoms with van der Waals surface area (Å²) >= 11 is 0. The molecule has 1 unspecified atom stereocenters. The van der Waals surface area contributed by atoms with Crippen LogP contribution in [0.2, 0.25) is 0 Å². The molecule has 25 heavy (non-hydrogen) atoms. The average molecular weight is 380 g/mol. The fraction of sp³-hybridized carbons (Fsp3) is 0.562. The number of piperazine rings is 1. The normalized spacial score (nSPS) is 21.3. The molecule has 0 radical (unpaired) electrons. The first-order chi connectivity index (χ1) is 11.5. The van der Waals surface area contributed by atoms with Gasteiger partial charge in [0.2, 0.25) is 0 Å². The molecule has 9 heteroatoms. The van der Waals surface area contributed by atoms with E-state index in [-0.39, 0.29) is 24.0 Å². The molecule has 3 rings (SSSR count). The van der Waals surface area contributed by atoms with E-state index in [0.717, 1.165) is 44.7 Å². The number of amides is 1. The Bertz CT molecular complexity index is 600. The third-order valence-corrected chi connectivity index (χ3v) is 4.51. The van der Waals surface area contributed by atoms with Crippen molar-refractivity contribution in [3.05, 3.63) is 29.6 Å². The number of rotatable bonds is 4. The number of ether oxygens (including phenoxy) is 1. The standard InChI is InChI=1S/C16H20F3N3O2.ClH/c17-11-1-2-13(14(9-11)24-16(18)19)15(23)22-6-3-12(10-22)21-7-4-20-5-8-21;/h1-2,9,12,16,20H,3-8,10H2;1H. The van der Waals surface area contributed by atoms with E-state index in [1.54, 1.807) is 4.90 Å². The molecule has 2 fully saturated rings. The summed E-state index contributed by atoms with van der Waals surface area (Å²) in [6, 6.07) is 3.38. The van der Waals surface area contributed by atoms with Gasteiger partial charge in [0, 0.05) is 51.4 Å². The summed E-state index contributed by atoms with van der Waals surface area (Å²) in [4.78, 5) is 16.6. The van der Waals surface area contributed by atoms with Crippen molar-refractivity contribution >= 4 is 18.3 Å². The monoisotopic (exact) mass is 379 g/mol. The van der Waals surface area contributed by atoms with Crippen LogP contribution in [0.25, 0.3) is 0 Å². The minimum Gasteiger partial charge on any atom is -0.434 e. The summed E-state index contributed by atoms with van der Waals surface area (Å²) in [5.74, 6) is -1.54. The molecular weight excluding hydrogens is 359 g/mol. The maximum Gasteiger partial charge on any atom is 0.387 e. The molecule has 5 nitrogen and oxygen atoms in total. The van der Waals surface area contributed by atoms with E-state index >= 15 is 0 Å². The molecule has 1 aromatic carbocycles. The van der Waals surface area contributed by atoms with Gasteiger partial charge in [0.1, 0.15) is 11.6 Å². The lowest BCUT2D eigenvalue weighted by atomic mass is 10.1. The van der Waals surface area contributed by atoms with Gasteiger partial charge in [-0.2, -0.15) is 8.78 Å². The number of nitrogens with one attached hydrogen (secondary N) is 1. The number of benzene rings is 1. The molecular formula is C16H21ClF3N3O2. The number of likely N-dealkylation sites (tertiary alicyclic amines) is 1. The number of alkyl halides is 2. The van der Waals surface area contributed by atoms with E-state index in [4.69, 9.17) is 0 Å². The van der Waals surface area contributed by atoms with Gasteiger partial charge < -0.3 is 15.0 Å². The highest BCUT2D eigenvalue weighted by molar-refractivity contribution is 5.97. The molecule has 2 heterocycles. The van der Waals surface area contributed by atoms with Crippen molar-refractivity contribution < 1.29 is 22.7 Å². The fourth-order valence-electron chi connectivity index (χ4n) is 3.31. The van der Waals surface area contributed by atoms with Crippen molar-refractivity contribution in [1.29, 1.82) is 0 Å². The Morgan fingerprint density at radius 3 is 2.64 bits per heavy atom. The van der Waals surface area contributed by atoms with Gasteiger partial charge in [0.25, 0.3) is 5.91 Å². The minimum absolute atomic E-state index is 0. The summed E-state index contributed by atoms with van der Waals surface area (Å²) in [5.41, 5.74) is -0.0299. The number of hydrogen-bond acceptors (Lipinski definition) is 4. The Hall–Kier alpha value is -1.51. The maximum atomic E-state index is 13.3. The van der Waals surface area contributed by atoms with Crippen molar-refractivity contribution in [3.63, 3.8) is 0 Å². The van der Waals surface area contributed by atoms with Crippen LogP contribution in [0.15, 0.2) is 18.2 Å². The van der Waals surface area contributed by atoms with E-state index in [1.807, 2.05) is 0 Å². The predicted octanol–water partition coefficient (Wildman–Crippen LogP) is 1.97. The zero-order valence-corrected chi connectivity index (χ0v) is 14.4. The van der Waals surface area contributed by atoms with Gasteiger partial charge in [-0.3, -0.25) is 9.69 Å². The first-order valence-corrected chi connectivity index (χ1v) is 8.03. The summed E-state index contributed by atoms with van der Waals surface area (Å²) in [6.45, 7) is 1.71. The second kappa shape index (κ2) is 8.73. The SMILES string of the molecule is Cl.O=C(c1ccc(F)cc1OC(F)F)N1CCC(N2CCNCC2)C1. The van der Waals surface area contributed by atoms with Gasteiger partial charge in [-0.05, 0) is 18.6 Å². The molecule has 140 valence electrons. The molecule has 0 spiro atoms. The summed E-state index contributed by atoms with van der Waals surface area (Å²) in [7, 11) is 0. The molecule has 1 aromatic rings. The smallest absolute Gasteiger partial charge is 0.387 e. The Labute approximate surface area is 150 Å². The highest BCUT2D eigenvalue weighted by Crippen LogP contribution is 2.26. The van der Waals surface area contributed by atoms with Crippen molar-refractivity contribution in [2.24, 2.45) is 0 Å². The number of nitrogens with zero attached hydrogens (tertiary/aromatic N) is 2. The van der Waals surface area contributed by atoms with Crippen LogP contribution in [-0.4, -0.2) is 67.6 Å². The van der Waals surface area contributed by atoms with Crippen LogP contribution in [-0.2, 0) is 0 Å². The number of carbonyl (C=O) groups excluding carboxylic acids is 1. The molecule has 0 aromatic heterocycles. The van der Waals surface area contributed by atoms with Crippen LogP contribution in [0.1, 0.15) is 16.8 Å². The van der Waals surface area contributed by atoms with Crippen LogP contribution in [0.4, 0.5) is 13.2 Å². The molecule has 2 aliphatic rings. The van der Waals surface area contributed by atoms with E-state index in [2.05, 4.69) is 15.0 Å². The summed E-state index contributed by atoms with van der Waals surface area (Å²) < 4.78 is 42.6. The average Bonchev–Trinajstić information content (AvgIpc) is 3.05. The molecule has 2 saturated heterocycles. The van der Waals surface area contributed by atoms with E-state index in [9.17, 15) is 18.0 Å². The predicted molar refractivity (Wildman–Crippen MR) is 89.0 cm³/mol. The van der Waals surface area contributed by atoms with Crippen molar-refractivity contribution in [1.82, 2.24) is 15.1 Å². The first kappa shape index (κ1) is 19.8. The Balaban J connectivity index is 0.00000225. The minimum atomic E-state index is -3.11. The van der Waals surface area contributed by atoms with Crippen LogP contribution in [0.3, 0.4) is 0 Å². The van der Waals surface area contributed by atoms with Crippen LogP contribution < -0.4 is 10.1 Å². The van der Waals surface area contributed by atoms with Gasteiger partial charge in [0.05, 0.1) is 5.56 Å². The summed E-state index contributed by atoms with van der Waals surface area (Å²) in [5, 5.41) is 3.28. The maximum absolute atomic E-state index is 13.3. The third-order valence-electron chi connectivity index (χ3n) is 4.51. The highest BCUT2D eigenvalue weighted by Gasteiger charge is 2.32. The lowest BCUT2D eigenvalue weighted by Gasteiger charge is -2.32. The molecule has 2 aliphatic heterocycles. The van der Waals surface area contributed by atoms with Crippen LogP contribution >= 0.6 is 12.4 Å². The van der Waals surface area contributed by atoms with Gasteiger partial charge in [-0.25, -0.2) is 4.39 Å². The van der Waals surface area contributed by atoms with Gasteiger partial charge in [-0.1, -0.05) is 0 Å². The molecule has 0 bridgehead atoms. The van der Waals surface area contributed by atoms with Gasteiger partial charge >= 0.3 is 6.61 Å². The zero-order valence-electron chi connectivity index (χ0n) is 13.6. The van der Waals surface area contributed by atoms with Gasteiger partial charge in [-0.15, -0.1) is 12.4 Å². The quantitative estimate of drug-likeness (QED) is 0.868. The van der Waals surface area contributed by atoms with E-state index < -0.39 is 24.1 Å². The highest BCUT2D eigenvalue weighted by atomic mass is 35.5. The lowest BCUT2D eigenvalue weighted by molar-refractivity contribution is -0.0504. The van der Waals surface area contributed by atoms with Crippen LogP contribution in [0.5, 0.6) is 5.75 Å². The number of hydrogen-bond donors (Lipinski definition) is 1. The van der Waals surface area contributed by atoms with Crippen molar-refractivity contribution in [3.8, 4) is 5.75 Å². The number of carbonyl (C=O) groups is 1. The second-order valence-electron chi connectivity index (χ2n) is 6.00. The Morgan fingerprint density at radius 1 is 1.24 bits per heavy atom. The largest absolute Gasteiger partial charge is 0.434 e. The zero-order chi connectivity index (χ0) is 17.1. The van der Waals surface area contributed by atoms with Crippen molar-refractivity contribution in [2.45, 2.75) is 19.1 Å². The van der Waals surface area contributed by atoms with Gasteiger partial charge in [0.15, 0.2) is 0 Å². The van der Waals surface area contributed by atoms with Crippen molar-refractivity contribution in [2.75, 3.05) is 39.3 Å². The first-order valence-electron chi connectivity index (χ1n) is 8.03. The van der Waals surface area contributed by atoms with E-state index in [1.165, 1.54) is 6.07 Å².